The van der Waals surface area contributed by atoms with Crippen molar-refractivity contribution in [2.45, 2.75) is 26.4 Å². The second kappa shape index (κ2) is 5.11. The van der Waals surface area contributed by atoms with Gasteiger partial charge in [-0.15, -0.1) is 0 Å². The quantitative estimate of drug-likeness (QED) is 0.756. The van der Waals surface area contributed by atoms with E-state index in [2.05, 4.69) is 15.9 Å². The Hall–Kier alpha value is -1.30. The zero-order valence-electron chi connectivity index (χ0n) is 13.0. The van der Waals surface area contributed by atoms with E-state index in [1.807, 2.05) is 31.7 Å². The highest BCUT2D eigenvalue weighted by molar-refractivity contribution is 9.10. The van der Waals surface area contributed by atoms with E-state index in [0.29, 0.717) is 23.2 Å². The minimum absolute atomic E-state index is 0.103. The van der Waals surface area contributed by atoms with E-state index >= 15 is 0 Å². The van der Waals surface area contributed by atoms with Crippen LogP contribution in [0.1, 0.15) is 20.8 Å². The van der Waals surface area contributed by atoms with Gasteiger partial charge in [0.05, 0.1) is 10.2 Å². The van der Waals surface area contributed by atoms with Crippen LogP contribution in [0.25, 0.3) is 0 Å². The first-order valence-corrected chi connectivity index (χ1v) is 8.15. The molecule has 1 aromatic rings. The van der Waals surface area contributed by atoms with Gasteiger partial charge in [-0.25, -0.2) is 9.18 Å². The molecule has 1 aromatic carbocycles. The molecule has 6 heteroatoms. The van der Waals surface area contributed by atoms with Gasteiger partial charge in [-0.3, -0.25) is 0 Å². The van der Waals surface area contributed by atoms with Crippen LogP contribution in [0.15, 0.2) is 22.7 Å². The maximum atomic E-state index is 14.1. The van der Waals surface area contributed by atoms with Crippen molar-refractivity contribution in [3.63, 3.8) is 0 Å². The summed E-state index contributed by atoms with van der Waals surface area (Å²) in [5, 5.41) is 0. The summed E-state index contributed by atoms with van der Waals surface area (Å²) >= 11 is 3.21. The Balaban J connectivity index is 1.55. The molecule has 0 bridgehead atoms. The van der Waals surface area contributed by atoms with Crippen molar-refractivity contribution in [3.8, 4) is 0 Å². The largest absolute Gasteiger partial charge is 0.444 e. The Morgan fingerprint density at radius 1 is 1.27 bits per heavy atom. The SMILES string of the molecule is CC(C)(C)OC(=O)N1CC2(C1)CN(c1cccc(Br)c1F)C2. The van der Waals surface area contributed by atoms with Gasteiger partial charge < -0.3 is 14.5 Å². The molecule has 0 N–H and O–H groups in total. The van der Waals surface area contributed by atoms with Crippen molar-refractivity contribution in [2.75, 3.05) is 31.1 Å². The molecule has 1 amide bonds. The zero-order valence-corrected chi connectivity index (χ0v) is 14.6. The Labute approximate surface area is 138 Å². The number of nitrogens with zero attached hydrogens (tertiary/aromatic N) is 2. The summed E-state index contributed by atoms with van der Waals surface area (Å²) in [6.45, 7) is 8.52. The second-order valence-electron chi connectivity index (χ2n) is 7.27. The number of carbonyl (C=O) groups excluding carboxylic acids is 1. The average Bonchev–Trinajstić information content (AvgIpc) is 2.28. The third-order valence-corrected chi connectivity index (χ3v) is 4.64. The molecule has 120 valence electrons. The van der Waals surface area contributed by atoms with Gasteiger partial charge in [0.15, 0.2) is 5.82 Å². The monoisotopic (exact) mass is 370 g/mol. The van der Waals surface area contributed by atoms with Crippen LogP contribution in [0.4, 0.5) is 14.9 Å². The van der Waals surface area contributed by atoms with Crippen molar-refractivity contribution in [1.29, 1.82) is 0 Å². The summed E-state index contributed by atoms with van der Waals surface area (Å²) < 4.78 is 19.9. The summed E-state index contributed by atoms with van der Waals surface area (Å²) in [6, 6.07) is 5.32. The maximum absolute atomic E-state index is 14.1. The highest BCUT2D eigenvalue weighted by Crippen LogP contribution is 2.43. The Morgan fingerprint density at radius 2 is 1.91 bits per heavy atom. The first-order chi connectivity index (χ1) is 10.2. The molecule has 0 saturated carbocycles. The third-order valence-electron chi connectivity index (χ3n) is 4.03. The number of benzene rings is 1. The summed E-state index contributed by atoms with van der Waals surface area (Å²) in [5.41, 5.74) is 0.257. The molecule has 4 nitrogen and oxygen atoms in total. The van der Waals surface area contributed by atoms with E-state index in [1.165, 1.54) is 0 Å². The number of halogens is 2. The van der Waals surface area contributed by atoms with Crippen molar-refractivity contribution >= 4 is 27.7 Å². The fraction of sp³-hybridized carbons (Fsp3) is 0.562. The molecule has 0 radical (unpaired) electrons. The standard InChI is InChI=1S/C16H20BrFN2O2/c1-15(2,3)22-14(21)20-9-16(10-20)7-19(8-16)12-6-4-5-11(17)13(12)18/h4-6H,7-10H2,1-3H3. The molecule has 2 aliphatic heterocycles. The molecule has 22 heavy (non-hydrogen) atoms. The van der Waals surface area contributed by atoms with Crippen LogP contribution in [0.2, 0.25) is 0 Å². The molecule has 0 aliphatic carbocycles. The molecule has 0 unspecified atom stereocenters. The first-order valence-electron chi connectivity index (χ1n) is 7.36. The highest BCUT2D eigenvalue weighted by Gasteiger charge is 2.54. The van der Waals surface area contributed by atoms with E-state index in [-0.39, 0.29) is 17.3 Å². The van der Waals surface area contributed by atoms with Gasteiger partial charge in [-0.05, 0) is 48.8 Å². The van der Waals surface area contributed by atoms with Gasteiger partial charge >= 0.3 is 6.09 Å². The first kappa shape index (κ1) is 15.6. The molecule has 1 spiro atoms. The molecular weight excluding hydrogens is 351 g/mol. The number of hydrogen-bond donors (Lipinski definition) is 0. The fourth-order valence-electron chi connectivity index (χ4n) is 3.09. The molecule has 2 saturated heterocycles. The summed E-state index contributed by atoms with van der Waals surface area (Å²) in [5.74, 6) is -0.222. The van der Waals surface area contributed by atoms with Gasteiger partial charge in [0, 0.05) is 31.6 Å². The lowest BCUT2D eigenvalue weighted by Gasteiger charge is -2.60. The van der Waals surface area contributed by atoms with Gasteiger partial charge in [0.1, 0.15) is 5.60 Å². The lowest BCUT2D eigenvalue weighted by Crippen LogP contribution is -2.73. The van der Waals surface area contributed by atoms with Crippen LogP contribution in [0.3, 0.4) is 0 Å². The second-order valence-corrected chi connectivity index (χ2v) is 8.12. The number of ether oxygens (including phenoxy) is 1. The predicted molar refractivity (Wildman–Crippen MR) is 86.6 cm³/mol. The average molecular weight is 371 g/mol. The van der Waals surface area contributed by atoms with Crippen LogP contribution in [0.5, 0.6) is 0 Å². The van der Waals surface area contributed by atoms with Crippen molar-refractivity contribution in [1.82, 2.24) is 4.90 Å². The minimum atomic E-state index is -0.467. The molecule has 3 rings (SSSR count). The molecule has 0 aromatic heterocycles. The number of amides is 1. The molecular formula is C16H20BrFN2O2. The van der Waals surface area contributed by atoms with Crippen LogP contribution in [0, 0.1) is 11.2 Å². The molecule has 2 heterocycles. The Bertz CT molecular complexity index is 601. The van der Waals surface area contributed by atoms with Crippen molar-refractivity contribution in [2.24, 2.45) is 5.41 Å². The van der Waals surface area contributed by atoms with E-state index in [1.54, 1.807) is 17.0 Å². The predicted octanol–water partition coefficient (Wildman–Crippen LogP) is 3.65. The van der Waals surface area contributed by atoms with Crippen LogP contribution in [-0.2, 0) is 4.74 Å². The summed E-state index contributed by atoms with van der Waals surface area (Å²) in [4.78, 5) is 15.7. The van der Waals surface area contributed by atoms with E-state index in [0.717, 1.165) is 13.1 Å². The van der Waals surface area contributed by atoms with E-state index < -0.39 is 5.60 Å². The summed E-state index contributed by atoms with van der Waals surface area (Å²) in [6.07, 6.45) is -0.259. The van der Waals surface area contributed by atoms with E-state index in [9.17, 15) is 9.18 Å². The van der Waals surface area contributed by atoms with Crippen molar-refractivity contribution < 1.29 is 13.9 Å². The lowest BCUT2D eigenvalue weighted by atomic mass is 9.73. The number of rotatable bonds is 1. The summed E-state index contributed by atoms with van der Waals surface area (Å²) in [7, 11) is 0. The van der Waals surface area contributed by atoms with Crippen LogP contribution >= 0.6 is 15.9 Å². The normalized spacial score (nSPS) is 19.7. The van der Waals surface area contributed by atoms with Crippen LogP contribution in [-0.4, -0.2) is 42.8 Å². The fourth-order valence-corrected chi connectivity index (χ4v) is 3.45. The molecule has 2 fully saturated rings. The Kier molecular flexibility index (Phi) is 3.62. The molecule has 2 aliphatic rings. The zero-order chi connectivity index (χ0) is 16.1. The maximum Gasteiger partial charge on any atom is 0.410 e. The van der Waals surface area contributed by atoms with Gasteiger partial charge in [-0.2, -0.15) is 0 Å². The number of likely N-dealkylation sites (tertiary alicyclic amines) is 1. The minimum Gasteiger partial charge on any atom is -0.444 e. The van der Waals surface area contributed by atoms with Crippen LogP contribution < -0.4 is 4.90 Å². The number of hydrogen-bond acceptors (Lipinski definition) is 3. The van der Waals surface area contributed by atoms with Gasteiger partial charge in [-0.1, -0.05) is 6.07 Å². The smallest absolute Gasteiger partial charge is 0.410 e. The third kappa shape index (κ3) is 2.81. The number of carbonyl (C=O) groups is 1. The lowest BCUT2D eigenvalue weighted by molar-refractivity contribution is -0.0454. The van der Waals surface area contributed by atoms with Gasteiger partial charge in [0.2, 0.25) is 0 Å². The molecule has 0 atom stereocenters. The van der Waals surface area contributed by atoms with E-state index in [4.69, 9.17) is 4.74 Å². The highest BCUT2D eigenvalue weighted by atomic mass is 79.9. The Morgan fingerprint density at radius 3 is 2.50 bits per heavy atom. The number of anilines is 1. The topological polar surface area (TPSA) is 32.8 Å². The van der Waals surface area contributed by atoms with Gasteiger partial charge in [0.25, 0.3) is 0 Å². The van der Waals surface area contributed by atoms with Crippen molar-refractivity contribution in [3.05, 3.63) is 28.5 Å².